The second-order valence-corrected chi connectivity index (χ2v) is 11.7. The standard InChI is InChI=1S/C14H18O4.C13H16O4.C11H14O4/c1-5-6-18-13-8-12(15)11(14(16)17-4)7-10(13)9(2)3;1-4-5-17-12-7-11(14)10(13(15)16)6-9(12)8(2)3;1-6(2)7-4-8(11(14)15-3)10(13)5-9(7)12/h5,7-9,15H,1,6H2,2-4H3;4,6-8,14H,1,5H2,2-3H3,(H,15,16);4-6,12-13H,1-3H3. The lowest BCUT2D eigenvalue weighted by atomic mass is 9.99. The molecule has 0 heterocycles. The minimum Gasteiger partial charge on any atom is -0.508 e. The van der Waals surface area contributed by atoms with Crippen LogP contribution >= 0.6 is 0 Å². The van der Waals surface area contributed by atoms with Crippen molar-refractivity contribution in [3.05, 3.63) is 95.1 Å². The molecule has 3 aromatic rings. The molecule has 0 radical (unpaired) electrons. The van der Waals surface area contributed by atoms with Crippen LogP contribution in [0.15, 0.2) is 61.7 Å². The third kappa shape index (κ3) is 11.8. The first-order valence-electron chi connectivity index (χ1n) is 15.6. The van der Waals surface area contributed by atoms with E-state index in [0.717, 1.165) is 17.2 Å². The Labute approximate surface area is 292 Å². The van der Waals surface area contributed by atoms with Crippen LogP contribution in [0.1, 0.15) is 107 Å². The number of phenolic OH excluding ortho intramolecular Hbond substituents is 3. The van der Waals surface area contributed by atoms with Gasteiger partial charge in [0, 0.05) is 18.2 Å². The van der Waals surface area contributed by atoms with Gasteiger partial charge >= 0.3 is 17.9 Å². The topological polar surface area (TPSA) is 189 Å². The number of carbonyl (C=O) groups is 3. The molecule has 0 aliphatic carbocycles. The zero-order valence-electron chi connectivity index (χ0n) is 29.8. The maximum Gasteiger partial charge on any atom is 0.341 e. The summed E-state index contributed by atoms with van der Waals surface area (Å²) < 4.78 is 20.0. The fourth-order valence-electron chi connectivity index (χ4n) is 4.40. The third-order valence-corrected chi connectivity index (χ3v) is 7.02. The average molecular weight is 697 g/mol. The van der Waals surface area contributed by atoms with Crippen molar-refractivity contribution in [2.75, 3.05) is 27.4 Å². The minimum absolute atomic E-state index is 0.0184. The van der Waals surface area contributed by atoms with Gasteiger partial charge in [0.1, 0.15) is 64.4 Å². The smallest absolute Gasteiger partial charge is 0.341 e. The predicted molar refractivity (Wildman–Crippen MR) is 189 cm³/mol. The molecule has 0 atom stereocenters. The van der Waals surface area contributed by atoms with Crippen LogP contribution in [0.25, 0.3) is 0 Å². The van der Waals surface area contributed by atoms with E-state index in [9.17, 15) is 34.8 Å². The number of ether oxygens (including phenoxy) is 4. The first-order valence-corrected chi connectivity index (χ1v) is 15.6. The minimum atomic E-state index is -1.15. The summed E-state index contributed by atoms with van der Waals surface area (Å²) >= 11 is 0. The molecule has 0 aliphatic heterocycles. The number of methoxy groups -OCH3 is 2. The van der Waals surface area contributed by atoms with Crippen LogP contribution in [-0.2, 0) is 9.47 Å². The molecule has 0 aromatic heterocycles. The van der Waals surface area contributed by atoms with E-state index in [1.165, 1.54) is 38.5 Å². The molecule has 50 heavy (non-hydrogen) atoms. The second-order valence-electron chi connectivity index (χ2n) is 11.7. The number of phenols is 4. The summed E-state index contributed by atoms with van der Waals surface area (Å²) in [4.78, 5) is 33.7. The number of carboxylic acid groups (broad SMARTS) is 1. The Balaban J connectivity index is 0.000000377. The van der Waals surface area contributed by atoms with Crippen LogP contribution in [0, 0.1) is 0 Å². The second kappa shape index (κ2) is 20.0. The Hall–Kier alpha value is -5.65. The molecule has 0 unspecified atom stereocenters. The van der Waals surface area contributed by atoms with Crippen LogP contribution in [-0.4, -0.2) is 70.9 Å². The molecule has 0 amide bonds. The van der Waals surface area contributed by atoms with Crippen LogP contribution in [0.2, 0.25) is 0 Å². The normalized spacial score (nSPS) is 10.3. The van der Waals surface area contributed by atoms with Crippen LogP contribution < -0.4 is 9.47 Å². The lowest BCUT2D eigenvalue weighted by Crippen LogP contribution is -2.05. The maximum absolute atomic E-state index is 11.5. The van der Waals surface area contributed by atoms with Crippen molar-refractivity contribution in [3.63, 3.8) is 0 Å². The highest BCUT2D eigenvalue weighted by Gasteiger charge is 2.20. The first-order chi connectivity index (χ1) is 23.4. The van der Waals surface area contributed by atoms with Crippen molar-refractivity contribution < 1.29 is 58.9 Å². The summed E-state index contributed by atoms with van der Waals surface area (Å²) in [5, 5.41) is 47.3. The largest absolute Gasteiger partial charge is 0.508 e. The quantitative estimate of drug-likeness (QED) is 0.0920. The highest BCUT2D eigenvalue weighted by Crippen LogP contribution is 2.35. The number of aromatic carboxylic acids is 1. The number of esters is 2. The third-order valence-electron chi connectivity index (χ3n) is 7.02. The van der Waals surface area contributed by atoms with Gasteiger partial charge in [0.05, 0.1) is 14.2 Å². The van der Waals surface area contributed by atoms with Crippen molar-refractivity contribution >= 4 is 17.9 Å². The van der Waals surface area contributed by atoms with Crippen molar-refractivity contribution in [3.8, 4) is 34.5 Å². The van der Waals surface area contributed by atoms with Gasteiger partial charge in [0.2, 0.25) is 0 Å². The Morgan fingerprint density at radius 3 is 1.26 bits per heavy atom. The van der Waals surface area contributed by atoms with Gasteiger partial charge in [0.15, 0.2) is 0 Å². The molecule has 3 aromatic carbocycles. The van der Waals surface area contributed by atoms with Gasteiger partial charge in [-0.15, -0.1) is 0 Å². The molecular formula is C38H48O12. The molecule has 0 saturated carbocycles. The summed E-state index contributed by atoms with van der Waals surface area (Å²) in [7, 11) is 2.52. The van der Waals surface area contributed by atoms with Crippen molar-refractivity contribution in [2.24, 2.45) is 0 Å². The summed E-state index contributed by atoms with van der Waals surface area (Å²) in [5.41, 5.74) is 2.30. The Morgan fingerprint density at radius 1 is 0.580 bits per heavy atom. The van der Waals surface area contributed by atoms with E-state index in [1.807, 2.05) is 41.5 Å². The Kier molecular flexibility index (Phi) is 16.9. The predicted octanol–water partition coefficient (Wildman–Crippen LogP) is 7.65. The van der Waals surface area contributed by atoms with Gasteiger partial charge in [0.25, 0.3) is 0 Å². The molecule has 0 saturated heterocycles. The monoisotopic (exact) mass is 696 g/mol. The number of aromatic hydroxyl groups is 4. The summed E-state index contributed by atoms with van der Waals surface area (Å²) in [6, 6.07) is 8.42. The van der Waals surface area contributed by atoms with E-state index in [2.05, 4.69) is 22.6 Å². The van der Waals surface area contributed by atoms with Crippen molar-refractivity contribution in [1.29, 1.82) is 0 Å². The van der Waals surface area contributed by atoms with Gasteiger partial charge in [-0.25, -0.2) is 14.4 Å². The zero-order valence-corrected chi connectivity index (χ0v) is 29.8. The number of hydrogen-bond donors (Lipinski definition) is 5. The summed E-state index contributed by atoms with van der Waals surface area (Å²) in [5.74, 6) is -1.70. The number of carbonyl (C=O) groups excluding carboxylic acids is 2. The van der Waals surface area contributed by atoms with E-state index >= 15 is 0 Å². The fourth-order valence-corrected chi connectivity index (χ4v) is 4.40. The molecule has 0 bridgehead atoms. The van der Waals surface area contributed by atoms with Crippen molar-refractivity contribution in [1.82, 2.24) is 0 Å². The van der Waals surface area contributed by atoms with Crippen LogP contribution in [0.4, 0.5) is 0 Å². The van der Waals surface area contributed by atoms with Gasteiger partial charge in [-0.05, 0) is 52.6 Å². The van der Waals surface area contributed by atoms with E-state index < -0.39 is 17.9 Å². The van der Waals surface area contributed by atoms with Crippen LogP contribution in [0.5, 0.6) is 34.5 Å². The molecule has 5 N–H and O–H groups in total. The summed E-state index contributed by atoms with van der Waals surface area (Å²) in [6.07, 6.45) is 3.21. The average Bonchev–Trinajstić information content (AvgIpc) is 3.05. The molecule has 0 fully saturated rings. The van der Waals surface area contributed by atoms with Gasteiger partial charge in [-0.1, -0.05) is 66.9 Å². The lowest BCUT2D eigenvalue weighted by Gasteiger charge is -2.15. The zero-order chi connectivity index (χ0) is 38.3. The Bertz CT molecular complexity index is 1650. The van der Waals surface area contributed by atoms with Gasteiger partial charge in [-0.3, -0.25) is 0 Å². The maximum atomic E-state index is 11.5. The number of carboxylic acids is 1. The highest BCUT2D eigenvalue weighted by atomic mass is 16.5. The van der Waals surface area contributed by atoms with Crippen LogP contribution in [0.3, 0.4) is 0 Å². The molecule has 3 rings (SSSR count). The lowest BCUT2D eigenvalue weighted by molar-refractivity contribution is 0.0587. The van der Waals surface area contributed by atoms with E-state index in [4.69, 9.17) is 14.6 Å². The van der Waals surface area contributed by atoms with E-state index in [-0.39, 0.29) is 57.4 Å². The number of rotatable bonds is 12. The van der Waals surface area contributed by atoms with E-state index in [1.54, 1.807) is 18.2 Å². The first kappa shape index (κ1) is 42.4. The van der Waals surface area contributed by atoms with E-state index in [0.29, 0.717) is 30.3 Å². The molecule has 272 valence electrons. The highest BCUT2D eigenvalue weighted by molar-refractivity contribution is 5.93. The molecule has 12 heteroatoms. The molecule has 0 aliphatic rings. The van der Waals surface area contributed by atoms with Gasteiger partial charge in [-0.2, -0.15) is 0 Å². The molecule has 12 nitrogen and oxygen atoms in total. The van der Waals surface area contributed by atoms with Crippen molar-refractivity contribution in [2.45, 2.75) is 59.3 Å². The SMILES string of the molecule is C=CCOc1cc(O)c(C(=O)O)cc1C(C)C.C=CCOc1cc(O)c(C(=O)OC)cc1C(C)C.COC(=O)c1cc(C(C)C)c(O)cc1O. The fraction of sp³-hybridized carbons (Fsp3) is 0.342. The number of hydrogen-bond acceptors (Lipinski definition) is 11. The molecular weight excluding hydrogens is 648 g/mol. The summed E-state index contributed by atoms with van der Waals surface area (Å²) in [6.45, 7) is 19.3. The molecule has 0 spiro atoms. The number of benzene rings is 3. The Morgan fingerprint density at radius 2 is 0.920 bits per heavy atom. The van der Waals surface area contributed by atoms with Gasteiger partial charge < -0.3 is 44.5 Å².